The lowest BCUT2D eigenvalue weighted by Crippen LogP contribution is -2.29. The molecule has 1 heterocycles. The predicted octanol–water partition coefficient (Wildman–Crippen LogP) is 5.81. The van der Waals surface area contributed by atoms with Gasteiger partial charge in [0.05, 0.1) is 30.0 Å². The molecule has 7 heteroatoms. The van der Waals surface area contributed by atoms with E-state index in [0.29, 0.717) is 22.7 Å². The summed E-state index contributed by atoms with van der Waals surface area (Å²) >= 11 is 6.48. The van der Waals surface area contributed by atoms with Crippen LogP contribution in [0.25, 0.3) is 0 Å². The second-order valence-electron chi connectivity index (χ2n) is 9.42. The number of methoxy groups -OCH3 is 1. The summed E-state index contributed by atoms with van der Waals surface area (Å²) in [5, 5.41) is 3.60. The molecule has 1 aliphatic heterocycles. The molecule has 0 unspecified atom stereocenters. The number of carbonyl (C=O) groups excluding carboxylic acids is 2. The van der Waals surface area contributed by atoms with Crippen molar-refractivity contribution in [3.05, 3.63) is 99.3 Å². The molecule has 5 rings (SSSR count). The molecule has 1 spiro atoms. The third kappa shape index (κ3) is 4.50. The van der Waals surface area contributed by atoms with Crippen LogP contribution in [0.5, 0.6) is 0 Å². The van der Waals surface area contributed by atoms with Crippen LogP contribution in [0.1, 0.15) is 63.2 Å². The fourth-order valence-electron chi connectivity index (χ4n) is 5.00. The van der Waals surface area contributed by atoms with Crippen molar-refractivity contribution in [1.82, 2.24) is 5.32 Å². The number of amides is 1. The summed E-state index contributed by atoms with van der Waals surface area (Å²) < 4.78 is 18.6. The summed E-state index contributed by atoms with van der Waals surface area (Å²) in [5.74, 6) is -0.908. The van der Waals surface area contributed by atoms with E-state index < -0.39 is 5.97 Å². The normalized spacial score (nSPS) is 16.1. The van der Waals surface area contributed by atoms with Gasteiger partial charge in [-0.25, -0.2) is 9.18 Å². The van der Waals surface area contributed by atoms with Crippen LogP contribution in [0, 0.1) is 5.82 Å². The largest absolute Gasteiger partial charge is 0.465 e. The molecule has 1 N–H and O–H groups in total. The quantitative estimate of drug-likeness (QED) is 0.441. The molecule has 0 bridgehead atoms. The van der Waals surface area contributed by atoms with Crippen molar-refractivity contribution in [1.29, 1.82) is 0 Å². The molecule has 3 aromatic carbocycles. The van der Waals surface area contributed by atoms with E-state index in [-0.39, 0.29) is 23.2 Å². The van der Waals surface area contributed by atoms with E-state index in [1.807, 2.05) is 19.1 Å². The average Bonchev–Trinajstić information content (AvgIpc) is 3.56. The minimum absolute atomic E-state index is 0.0118. The highest BCUT2D eigenvalue weighted by atomic mass is 35.5. The van der Waals surface area contributed by atoms with Gasteiger partial charge in [0, 0.05) is 23.5 Å². The van der Waals surface area contributed by atoms with Crippen LogP contribution in [0.4, 0.5) is 10.1 Å². The predicted molar refractivity (Wildman–Crippen MR) is 133 cm³/mol. The summed E-state index contributed by atoms with van der Waals surface area (Å²) in [6, 6.07) is 16.9. The fraction of sp³-hybridized carbons (Fsp3) is 0.286. The number of nitrogens with zero attached hydrogens (tertiary/aromatic N) is 1. The summed E-state index contributed by atoms with van der Waals surface area (Å²) in [5.41, 5.74) is 4.67. The van der Waals surface area contributed by atoms with Crippen LogP contribution in [-0.2, 0) is 16.7 Å². The number of ether oxygens (including phenoxy) is 1. The van der Waals surface area contributed by atoms with Crippen LogP contribution in [0.15, 0.2) is 60.7 Å². The SMILES string of the molecule is COC(=O)c1ccc([C@H](C)NC(=O)c2cc(Cl)cc3c2N(Cc2cccc(F)c2)CC32CC2)cc1. The van der Waals surface area contributed by atoms with E-state index in [0.717, 1.165) is 41.8 Å². The van der Waals surface area contributed by atoms with Crippen LogP contribution in [0.3, 0.4) is 0 Å². The molecular weight excluding hydrogens is 467 g/mol. The average molecular weight is 493 g/mol. The maximum absolute atomic E-state index is 13.8. The number of fused-ring (bicyclic) bond motifs is 2. The molecule has 1 atom stereocenters. The van der Waals surface area contributed by atoms with Crippen LogP contribution in [-0.4, -0.2) is 25.5 Å². The Labute approximate surface area is 208 Å². The zero-order valence-electron chi connectivity index (χ0n) is 19.6. The smallest absolute Gasteiger partial charge is 0.337 e. The van der Waals surface area contributed by atoms with E-state index in [1.54, 1.807) is 36.4 Å². The van der Waals surface area contributed by atoms with Crippen LogP contribution < -0.4 is 10.2 Å². The highest BCUT2D eigenvalue weighted by molar-refractivity contribution is 6.31. The van der Waals surface area contributed by atoms with E-state index in [9.17, 15) is 14.0 Å². The van der Waals surface area contributed by atoms with Crippen LogP contribution in [0.2, 0.25) is 5.02 Å². The molecule has 3 aromatic rings. The van der Waals surface area contributed by atoms with Crippen molar-refractivity contribution in [2.24, 2.45) is 0 Å². The molecule has 0 radical (unpaired) electrons. The van der Waals surface area contributed by atoms with Crippen molar-refractivity contribution < 1.29 is 18.7 Å². The van der Waals surface area contributed by atoms with Gasteiger partial charge in [-0.05, 0) is 72.9 Å². The van der Waals surface area contributed by atoms with E-state index in [2.05, 4.69) is 10.2 Å². The third-order valence-electron chi connectivity index (χ3n) is 7.00. The van der Waals surface area contributed by atoms with Gasteiger partial charge in [-0.1, -0.05) is 35.9 Å². The Kier molecular flexibility index (Phi) is 6.01. The first-order valence-electron chi connectivity index (χ1n) is 11.6. The maximum Gasteiger partial charge on any atom is 0.337 e. The monoisotopic (exact) mass is 492 g/mol. The lowest BCUT2D eigenvalue weighted by Gasteiger charge is -2.23. The second-order valence-corrected chi connectivity index (χ2v) is 9.86. The number of rotatable bonds is 6. The molecule has 1 saturated carbocycles. The zero-order valence-corrected chi connectivity index (χ0v) is 20.4. The van der Waals surface area contributed by atoms with Crippen molar-refractivity contribution in [3.8, 4) is 0 Å². The summed E-state index contributed by atoms with van der Waals surface area (Å²) in [6.07, 6.45) is 2.09. The lowest BCUT2D eigenvalue weighted by molar-refractivity contribution is 0.0600. The van der Waals surface area contributed by atoms with Gasteiger partial charge in [-0.2, -0.15) is 0 Å². The van der Waals surface area contributed by atoms with E-state index >= 15 is 0 Å². The van der Waals surface area contributed by atoms with E-state index in [4.69, 9.17) is 16.3 Å². The van der Waals surface area contributed by atoms with Crippen molar-refractivity contribution in [3.63, 3.8) is 0 Å². The van der Waals surface area contributed by atoms with Gasteiger partial charge in [0.25, 0.3) is 5.91 Å². The highest BCUT2D eigenvalue weighted by Gasteiger charge is 2.52. The Morgan fingerprint density at radius 2 is 1.89 bits per heavy atom. The zero-order chi connectivity index (χ0) is 24.7. The Hall–Kier alpha value is -3.38. The number of hydrogen-bond acceptors (Lipinski definition) is 4. The molecule has 180 valence electrons. The number of hydrogen-bond donors (Lipinski definition) is 1. The minimum atomic E-state index is -0.407. The van der Waals surface area contributed by atoms with Gasteiger partial charge in [-0.15, -0.1) is 0 Å². The molecule has 1 amide bonds. The Morgan fingerprint density at radius 3 is 2.54 bits per heavy atom. The molecule has 0 aromatic heterocycles. The van der Waals surface area contributed by atoms with Crippen molar-refractivity contribution >= 4 is 29.2 Å². The molecule has 35 heavy (non-hydrogen) atoms. The molecule has 1 aliphatic carbocycles. The van der Waals surface area contributed by atoms with Gasteiger partial charge >= 0.3 is 5.97 Å². The maximum atomic E-state index is 13.8. The summed E-state index contributed by atoms with van der Waals surface area (Å²) in [6.45, 7) is 3.19. The third-order valence-corrected chi connectivity index (χ3v) is 7.21. The minimum Gasteiger partial charge on any atom is -0.465 e. The van der Waals surface area contributed by atoms with E-state index in [1.165, 1.54) is 19.2 Å². The van der Waals surface area contributed by atoms with Gasteiger partial charge in [0.1, 0.15) is 5.82 Å². The van der Waals surface area contributed by atoms with Crippen LogP contribution >= 0.6 is 11.6 Å². The lowest BCUT2D eigenvalue weighted by atomic mass is 9.96. The van der Waals surface area contributed by atoms with Crippen molar-refractivity contribution in [2.75, 3.05) is 18.6 Å². The van der Waals surface area contributed by atoms with Crippen molar-refractivity contribution in [2.45, 2.75) is 37.8 Å². The van der Waals surface area contributed by atoms with Gasteiger partial charge in [0.2, 0.25) is 0 Å². The van der Waals surface area contributed by atoms with Gasteiger partial charge in [-0.3, -0.25) is 4.79 Å². The summed E-state index contributed by atoms with van der Waals surface area (Å²) in [7, 11) is 1.34. The topological polar surface area (TPSA) is 58.6 Å². The first-order valence-corrected chi connectivity index (χ1v) is 12.0. The molecule has 1 fully saturated rings. The number of halogens is 2. The summed E-state index contributed by atoms with van der Waals surface area (Å²) in [4.78, 5) is 27.4. The van der Waals surface area contributed by atoms with Gasteiger partial charge in [0.15, 0.2) is 0 Å². The number of esters is 1. The number of anilines is 1. The molecular formula is C28H26ClFN2O3. The first-order chi connectivity index (χ1) is 16.8. The Balaban J connectivity index is 1.43. The number of nitrogens with one attached hydrogen (secondary N) is 1. The standard InChI is InChI=1S/C28H26ClFN2O3/c1-17(19-6-8-20(9-7-19)27(34)35-2)31-26(33)23-13-21(29)14-24-25(23)32(16-28(24)10-11-28)15-18-4-3-5-22(30)12-18/h3-9,12-14,17H,10-11,15-16H2,1-2H3,(H,31,33)/t17-/m0/s1. The Bertz CT molecular complexity index is 1300. The number of benzene rings is 3. The first kappa shape index (κ1) is 23.4. The van der Waals surface area contributed by atoms with Gasteiger partial charge < -0.3 is 15.0 Å². The highest BCUT2D eigenvalue weighted by Crippen LogP contribution is 2.58. The fourth-order valence-corrected chi connectivity index (χ4v) is 5.22. The Morgan fingerprint density at radius 1 is 1.14 bits per heavy atom. The second kappa shape index (κ2) is 9.00. The molecule has 0 saturated heterocycles. The molecule has 2 aliphatic rings. The molecule has 5 nitrogen and oxygen atoms in total. The number of carbonyl (C=O) groups is 2.